The minimum absolute atomic E-state index is 0.0573. The van der Waals surface area contributed by atoms with Gasteiger partial charge in [-0.1, -0.05) is 67.0 Å². The molecule has 1 unspecified atom stereocenters. The number of nitrogens with one attached hydrogen (secondary N) is 1. The molecule has 0 amide bonds. The highest BCUT2D eigenvalue weighted by molar-refractivity contribution is 5.80. The number of aryl methyl sites for hydroxylation is 1. The van der Waals surface area contributed by atoms with Crippen LogP contribution in [0.4, 0.5) is 0 Å². The van der Waals surface area contributed by atoms with E-state index in [0.29, 0.717) is 18.9 Å². The van der Waals surface area contributed by atoms with Crippen LogP contribution in [-0.4, -0.2) is 48.2 Å². The highest BCUT2D eigenvalue weighted by atomic mass is 16.5. The number of aromatic amines is 1. The number of rotatable bonds is 11. The number of H-pyrrole nitrogens is 1. The summed E-state index contributed by atoms with van der Waals surface area (Å²) < 4.78 is 14.6. The maximum absolute atomic E-state index is 14.4. The van der Waals surface area contributed by atoms with E-state index in [4.69, 9.17) is 14.4 Å². The second kappa shape index (κ2) is 13.2. The van der Waals surface area contributed by atoms with Gasteiger partial charge in [0.25, 0.3) is 5.56 Å². The van der Waals surface area contributed by atoms with E-state index in [1.54, 1.807) is 13.1 Å². The first-order valence-corrected chi connectivity index (χ1v) is 15.6. The molecule has 0 aliphatic heterocycles. The monoisotopic (exact) mass is 597 g/mol. The van der Waals surface area contributed by atoms with Crippen molar-refractivity contribution in [3.05, 3.63) is 98.5 Å². The minimum atomic E-state index is -0.596. The van der Waals surface area contributed by atoms with Crippen LogP contribution in [0.2, 0.25) is 0 Å². The lowest BCUT2D eigenvalue weighted by Crippen LogP contribution is -2.35. The summed E-state index contributed by atoms with van der Waals surface area (Å²) in [6.45, 7) is 4.23. The fourth-order valence-electron chi connectivity index (χ4n) is 6.36. The first-order valence-electron chi connectivity index (χ1n) is 15.6. The Morgan fingerprint density at radius 2 is 1.80 bits per heavy atom. The van der Waals surface area contributed by atoms with Gasteiger partial charge in [-0.25, -0.2) is 9.31 Å². The van der Waals surface area contributed by atoms with Crippen molar-refractivity contribution < 1.29 is 14.4 Å². The Balaban J connectivity index is 1.32. The number of aliphatic hydroxyl groups excluding tert-OH is 1. The van der Waals surface area contributed by atoms with Gasteiger partial charge in [0.2, 0.25) is 0 Å². The van der Waals surface area contributed by atoms with E-state index in [9.17, 15) is 14.7 Å². The van der Waals surface area contributed by atoms with Crippen molar-refractivity contribution in [2.24, 2.45) is 0 Å². The summed E-state index contributed by atoms with van der Waals surface area (Å²) in [5, 5.41) is 18.2. The Morgan fingerprint density at radius 3 is 2.48 bits per heavy atom. The molecule has 2 aromatic carbocycles. The molecule has 44 heavy (non-hydrogen) atoms. The number of unbranched alkanes of at least 4 members (excludes halogenated alkanes) is 1. The first-order chi connectivity index (χ1) is 21.4. The smallest absolute Gasteiger partial charge is 0.391 e. The van der Waals surface area contributed by atoms with Gasteiger partial charge in [-0.3, -0.25) is 18.9 Å². The van der Waals surface area contributed by atoms with E-state index in [2.05, 4.69) is 29.2 Å². The molecule has 0 spiro atoms. The quantitative estimate of drug-likeness (QED) is 0.211. The molecule has 5 aromatic rings. The number of hydrogen-bond acceptors (Lipinski definition) is 7. The van der Waals surface area contributed by atoms with Gasteiger partial charge in [0.05, 0.1) is 30.7 Å². The molecule has 3 aromatic heterocycles. The maximum Gasteiger partial charge on any atom is 0.439 e. The van der Waals surface area contributed by atoms with Crippen LogP contribution in [0.15, 0.2) is 74.9 Å². The van der Waals surface area contributed by atoms with Gasteiger partial charge in [0.15, 0.2) is 5.82 Å². The number of ether oxygens (including phenoxy) is 1. The average molecular weight is 598 g/mol. The Morgan fingerprint density at radius 1 is 1.05 bits per heavy atom. The molecule has 1 fully saturated rings. The molecule has 10 heteroatoms. The topological polar surface area (TPSA) is 128 Å². The molecule has 1 saturated carbocycles. The number of benzene rings is 2. The zero-order chi connectivity index (χ0) is 30.6. The van der Waals surface area contributed by atoms with Crippen molar-refractivity contribution in [2.75, 3.05) is 6.61 Å². The largest absolute Gasteiger partial charge is 0.439 e. The Labute approximate surface area is 255 Å². The summed E-state index contributed by atoms with van der Waals surface area (Å²) in [5.41, 5.74) is 6.35. The third-order valence-electron chi connectivity index (χ3n) is 8.57. The molecule has 0 saturated heterocycles. The van der Waals surface area contributed by atoms with Crippen LogP contribution < -0.4 is 11.3 Å². The minimum Gasteiger partial charge on any atom is -0.391 e. The van der Waals surface area contributed by atoms with E-state index in [-0.39, 0.29) is 17.7 Å². The second-order valence-corrected chi connectivity index (χ2v) is 11.8. The van der Waals surface area contributed by atoms with Gasteiger partial charge in [-0.2, -0.15) is 5.10 Å². The lowest BCUT2D eigenvalue weighted by molar-refractivity contribution is -0.0232. The predicted molar refractivity (Wildman–Crippen MR) is 168 cm³/mol. The highest BCUT2D eigenvalue weighted by Gasteiger charge is 2.28. The van der Waals surface area contributed by atoms with Crippen molar-refractivity contribution in [2.45, 2.75) is 83.5 Å². The molecule has 0 radical (unpaired) electrons. The van der Waals surface area contributed by atoms with Crippen molar-refractivity contribution in [1.29, 1.82) is 0 Å². The Hall–Kier alpha value is -4.28. The van der Waals surface area contributed by atoms with Crippen LogP contribution in [0.25, 0.3) is 28.2 Å². The van der Waals surface area contributed by atoms with Gasteiger partial charge < -0.3 is 9.84 Å². The molecule has 6 rings (SSSR count). The molecular formula is C34H39N5O5. The Kier molecular flexibility index (Phi) is 8.90. The Bertz CT molecular complexity index is 1820. The SMILES string of the molecule is CCCCc1c(Cc2ccc(-c3ccccc3-c3noc(=O)[nH]3)cc2)c(=O)n([C@H]2CC[C@H](OCC(C)O)CC2)c2ccnn12. The van der Waals surface area contributed by atoms with Crippen LogP contribution in [0.1, 0.15) is 75.2 Å². The fraction of sp³-hybridized carbons (Fsp3) is 0.412. The average Bonchev–Trinajstić information content (AvgIpc) is 3.70. The molecule has 3 heterocycles. The number of fused-ring (bicyclic) bond motifs is 1. The summed E-state index contributed by atoms with van der Waals surface area (Å²) in [6, 6.07) is 17.9. The number of nitrogens with zero attached hydrogens (tertiary/aromatic N) is 4. The third kappa shape index (κ3) is 6.18. The van der Waals surface area contributed by atoms with Crippen LogP contribution in [0.3, 0.4) is 0 Å². The van der Waals surface area contributed by atoms with Gasteiger partial charge in [-0.05, 0) is 62.1 Å². The lowest BCUT2D eigenvalue weighted by atomic mass is 9.92. The lowest BCUT2D eigenvalue weighted by Gasteiger charge is -2.31. The summed E-state index contributed by atoms with van der Waals surface area (Å²) in [7, 11) is 0. The van der Waals surface area contributed by atoms with Gasteiger partial charge in [-0.15, -0.1) is 0 Å². The predicted octanol–water partition coefficient (Wildman–Crippen LogP) is 5.32. The van der Waals surface area contributed by atoms with Crippen molar-refractivity contribution >= 4 is 5.65 Å². The molecule has 1 atom stereocenters. The van der Waals surface area contributed by atoms with E-state index in [0.717, 1.165) is 84.1 Å². The molecular weight excluding hydrogens is 558 g/mol. The van der Waals surface area contributed by atoms with Gasteiger partial charge >= 0.3 is 5.76 Å². The zero-order valence-corrected chi connectivity index (χ0v) is 25.2. The van der Waals surface area contributed by atoms with Crippen molar-refractivity contribution in [1.82, 2.24) is 24.3 Å². The molecule has 1 aliphatic rings. The third-order valence-corrected chi connectivity index (χ3v) is 8.57. The number of aromatic nitrogens is 5. The van der Waals surface area contributed by atoms with Crippen LogP contribution >= 0.6 is 0 Å². The molecule has 0 bridgehead atoms. The molecule has 230 valence electrons. The van der Waals surface area contributed by atoms with E-state index >= 15 is 0 Å². The maximum atomic E-state index is 14.4. The summed E-state index contributed by atoms with van der Waals surface area (Å²) in [6.07, 6.45) is 8.05. The second-order valence-electron chi connectivity index (χ2n) is 11.8. The summed E-state index contributed by atoms with van der Waals surface area (Å²) in [4.78, 5) is 28.6. The zero-order valence-electron chi connectivity index (χ0n) is 25.2. The van der Waals surface area contributed by atoms with Gasteiger partial charge in [0, 0.05) is 29.7 Å². The standard InChI is InChI=1S/C34H39N5O5/c1-3-4-9-30-29(20-23-10-12-24(13-11-23)27-7-5-6-8-28(27)32-36-34(42)44-37-32)33(41)38(31-18-19-35-39(30)31)25-14-16-26(17-15-25)43-21-22(2)40/h5-8,10-13,18-19,22,25-26,40H,3-4,9,14-17,20-21H2,1-2H3,(H,36,37,42)/t22?,25-,26-. The van der Waals surface area contributed by atoms with Crippen molar-refractivity contribution in [3.8, 4) is 22.5 Å². The normalized spacial score (nSPS) is 17.7. The molecule has 2 N–H and O–H groups in total. The molecule has 10 nitrogen and oxygen atoms in total. The van der Waals surface area contributed by atoms with E-state index < -0.39 is 11.9 Å². The van der Waals surface area contributed by atoms with Crippen LogP contribution in [-0.2, 0) is 17.6 Å². The number of hydrogen-bond donors (Lipinski definition) is 2. The molecule has 1 aliphatic carbocycles. The van der Waals surface area contributed by atoms with Crippen LogP contribution in [0, 0.1) is 0 Å². The highest BCUT2D eigenvalue weighted by Crippen LogP contribution is 2.32. The van der Waals surface area contributed by atoms with E-state index in [1.165, 1.54) is 0 Å². The van der Waals surface area contributed by atoms with E-state index in [1.807, 2.05) is 51.5 Å². The number of aliphatic hydroxyl groups is 1. The first kappa shape index (κ1) is 29.8. The van der Waals surface area contributed by atoms with Gasteiger partial charge in [0.1, 0.15) is 5.65 Å². The summed E-state index contributed by atoms with van der Waals surface area (Å²) in [5.74, 6) is -0.214. The fourth-order valence-corrected chi connectivity index (χ4v) is 6.36. The van der Waals surface area contributed by atoms with Crippen molar-refractivity contribution in [3.63, 3.8) is 0 Å². The summed E-state index contributed by atoms with van der Waals surface area (Å²) >= 11 is 0. The van der Waals surface area contributed by atoms with Crippen LogP contribution in [0.5, 0.6) is 0 Å².